The molecule has 3 N–H and O–H groups in total. The van der Waals surface area contributed by atoms with E-state index < -0.39 is 35.4 Å². The summed E-state index contributed by atoms with van der Waals surface area (Å²) in [6, 6.07) is 10.9. The van der Waals surface area contributed by atoms with Gasteiger partial charge in [-0.1, -0.05) is 61.0 Å². The average Bonchev–Trinajstić information content (AvgIpc) is 3.68. The molecule has 1 saturated heterocycles. The number of amides is 3. The van der Waals surface area contributed by atoms with Crippen LogP contribution in [0.3, 0.4) is 0 Å². The Morgan fingerprint density at radius 1 is 1.14 bits per heavy atom. The summed E-state index contributed by atoms with van der Waals surface area (Å²) in [6.07, 6.45) is -0.776. The maximum atomic E-state index is 13.9. The van der Waals surface area contributed by atoms with Crippen molar-refractivity contribution >= 4 is 56.1 Å². The lowest BCUT2D eigenvalue weighted by Crippen LogP contribution is -2.57. The second kappa shape index (κ2) is 12.2. The predicted molar refractivity (Wildman–Crippen MR) is 167 cm³/mol. The average molecular weight is 669 g/mol. The van der Waals surface area contributed by atoms with E-state index in [1.54, 1.807) is 29.5 Å². The van der Waals surface area contributed by atoms with Crippen LogP contribution in [0, 0.1) is 12.3 Å². The smallest absolute Gasteiger partial charge is 0.307 e. The van der Waals surface area contributed by atoms with Crippen molar-refractivity contribution in [1.29, 1.82) is 0 Å². The molecule has 5 rings (SSSR count). The van der Waals surface area contributed by atoms with Crippen molar-refractivity contribution in [2.75, 3.05) is 6.54 Å². The van der Waals surface area contributed by atoms with Gasteiger partial charge in [0.25, 0.3) is 5.89 Å². The van der Waals surface area contributed by atoms with E-state index in [0.717, 1.165) is 26.2 Å². The number of nitrogens with one attached hydrogen (secondary N) is 2. The molecule has 0 spiro atoms. The van der Waals surface area contributed by atoms with E-state index >= 15 is 0 Å². The van der Waals surface area contributed by atoms with E-state index in [0.29, 0.717) is 11.1 Å². The van der Waals surface area contributed by atoms with E-state index in [2.05, 4.69) is 36.5 Å². The molecule has 1 fully saturated rings. The lowest BCUT2D eigenvalue weighted by molar-refractivity contribution is -0.142. The fourth-order valence-corrected chi connectivity index (χ4v) is 6.36. The van der Waals surface area contributed by atoms with Gasteiger partial charge >= 0.3 is 5.91 Å². The lowest BCUT2D eigenvalue weighted by atomic mass is 9.85. The third-order valence-corrected chi connectivity index (χ3v) is 9.05. The molecule has 43 heavy (non-hydrogen) atoms. The highest BCUT2D eigenvalue weighted by Gasteiger charge is 2.45. The van der Waals surface area contributed by atoms with E-state index in [-0.39, 0.29) is 30.8 Å². The second-order valence-corrected chi connectivity index (χ2v) is 13.7. The number of aliphatic hydroxyl groups is 1. The van der Waals surface area contributed by atoms with Gasteiger partial charge in [-0.2, -0.15) is 0 Å². The number of hydrogen-bond acceptors (Lipinski definition) is 8. The first-order valence-corrected chi connectivity index (χ1v) is 15.7. The van der Waals surface area contributed by atoms with E-state index in [1.807, 2.05) is 64.4 Å². The van der Waals surface area contributed by atoms with Crippen molar-refractivity contribution in [3.05, 3.63) is 69.6 Å². The summed E-state index contributed by atoms with van der Waals surface area (Å²) >= 11 is 4.95. The largest absolute Gasteiger partial charge is 0.432 e. The van der Waals surface area contributed by atoms with Crippen LogP contribution in [0.15, 0.2) is 56.9 Å². The number of oxazole rings is 1. The molecular formula is C31H34BrN5O5S. The van der Waals surface area contributed by atoms with Gasteiger partial charge in [-0.3, -0.25) is 14.4 Å². The first-order chi connectivity index (χ1) is 20.3. The highest BCUT2D eigenvalue weighted by Crippen LogP contribution is 2.30. The number of aliphatic hydroxyl groups excluding tert-OH is 1. The van der Waals surface area contributed by atoms with Gasteiger partial charge in [0.2, 0.25) is 11.8 Å². The Labute approximate surface area is 262 Å². The summed E-state index contributed by atoms with van der Waals surface area (Å²) in [5.74, 6) is -1.65. The minimum Gasteiger partial charge on any atom is -0.432 e. The first kappa shape index (κ1) is 30.8. The molecule has 226 valence electrons. The quantitative estimate of drug-likeness (QED) is 0.252. The van der Waals surface area contributed by atoms with Crippen LogP contribution in [-0.4, -0.2) is 62.4 Å². The molecule has 0 radical (unpaired) electrons. The number of likely N-dealkylation sites (tertiary alicyclic amines) is 1. The van der Waals surface area contributed by atoms with Gasteiger partial charge in [-0.15, -0.1) is 11.3 Å². The van der Waals surface area contributed by atoms with Crippen LogP contribution in [0.1, 0.15) is 62.1 Å². The zero-order chi connectivity index (χ0) is 31.1. The van der Waals surface area contributed by atoms with E-state index in [4.69, 9.17) is 4.42 Å². The molecule has 3 heterocycles. The molecule has 0 aliphatic carbocycles. The van der Waals surface area contributed by atoms with Crippen LogP contribution in [-0.2, 0) is 9.59 Å². The number of aryl methyl sites for hydroxylation is 1. The van der Waals surface area contributed by atoms with E-state index in [9.17, 15) is 19.5 Å². The number of carbonyl (C=O) groups is 3. The summed E-state index contributed by atoms with van der Waals surface area (Å²) in [7, 11) is 0. The lowest BCUT2D eigenvalue weighted by Gasteiger charge is -2.35. The first-order valence-electron chi connectivity index (χ1n) is 14.0. The van der Waals surface area contributed by atoms with Gasteiger partial charge in [-0.05, 0) is 48.6 Å². The number of fused-ring (bicyclic) bond motifs is 1. The van der Waals surface area contributed by atoms with Crippen LogP contribution in [0.4, 0.5) is 0 Å². The summed E-state index contributed by atoms with van der Waals surface area (Å²) in [6.45, 7) is 9.28. The number of nitrogens with zero attached hydrogens (tertiary/aromatic N) is 3. The second-order valence-electron chi connectivity index (χ2n) is 11.9. The van der Waals surface area contributed by atoms with Crippen LogP contribution in [0.5, 0.6) is 0 Å². The molecule has 1 aliphatic heterocycles. The number of carbonyl (C=O) groups excluding carboxylic acids is 3. The molecule has 0 saturated carbocycles. The molecule has 12 heteroatoms. The molecule has 2 aromatic carbocycles. The number of aromatic nitrogens is 2. The van der Waals surface area contributed by atoms with Crippen LogP contribution >= 0.6 is 27.3 Å². The van der Waals surface area contributed by atoms with Crippen LogP contribution in [0.25, 0.3) is 21.5 Å². The number of rotatable bonds is 7. The molecular weight excluding hydrogens is 634 g/mol. The maximum absolute atomic E-state index is 13.9. The zero-order valence-electron chi connectivity index (χ0n) is 24.6. The van der Waals surface area contributed by atoms with Crippen molar-refractivity contribution in [3.8, 4) is 10.4 Å². The SMILES string of the molecule is Cc1ncsc1-c1ccc([C@H](C)NC(=O)[C@@H]2C[C@@H](O)CN2C(=O)[C@@H](NC(=O)c2nc3ccc(Br)cc3o2)C(C)(C)C)cc1. The number of hydrogen-bond donors (Lipinski definition) is 3. The van der Waals surface area contributed by atoms with Crippen molar-refractivity contribution in [2.24, 2.45) is 5.41 Å². The topological polar surface area (TPSA) is 138 Å². The predicted octanol–water partition coefficient (Wildman–Crippen LogP) is 5.01. The minimum absolute atomic E-state index is 0.0203. The van der Waals surface area contributed by atoms with Gasteiger partial charge in [-0.25, -0.2) is 9.97 Å². The Bertz CT molecular complexity index is 1660. The van der Waals surface area contributed by atoms with Crippen molar-refractivity contribution in [1.82, 2.24) is 25.5 Å². The highest BCUT2D eigenvalue weighted by atomic mass is 79.9. The Morgan fingerprint density at radius 3 is 2.51 bits per heavy atom. The highest BCUT2D eigenvalue weighted by molar-refractivity contribution is 9.10. The Kier molecular flexibility index (Phi) is 8.73. The van der Waals surface area contributed by atoms with Gasteiger partial charge < -0.3 is 25.1 Å². The third-order valence-electron chi connectivity index (χ3n) is 7.58. The number of benzene rings is 2. The van der Waals surface area contributed by atoms with Crippen molar-refractivity contribution in [2.45, 2.75) is 65.3 Å². The Hall–Kier alpha value is -3.61. The fraction of sp³-hybridized carbons (Fsp3) is 0.387. The zero-order valence-corrected chi connectivity index (χ0v) is 27.0. The number of thiazole rings is 1. The molecule has 3 amide bonds. The van der Waals surface area contributed by atoms with Crippen molar-refractivity contribution < 1.29 is 23.9 Å². The Morgan fingerprint density at radius 2 is 1.86 bits per heavy atom. The molecule has 2 aromatic heterocycles. The molecule has 4 aromatic rings. The van der Waals surface area contributed by atoms with Gasteiger partial charge in [0.15, 0.2) is 5.58 Å². The van der Waals surface area contributed by atoms with E-state index in [1.165, 1.54) is 4.90 Å². The molecule has 0 bridgehead atoms. The minimum atomic E-state index is -1.01. The Balaban J connectivity index is 1.30. The van der Waals surface area contributed by atoms with Gasteiger partial charge in [0.1, 0.15) is 17.6 Å². The van der Waals surface area contributed by atoms with Gasteiger partial charge in [0, 0.05) is 17.4 Å². The summed E-state index contributed by atoms with van der Waals surface area (Å²) in [5.41, 5.74) is 4.96. The fourth-order valence-electron chi connectivity index (χ4n) is 5.20. The van der Waals surface area contributed by atoms with Crippen LogP contribution < -0.4 is 10.6 Å². The standard InChI is InChI=1S/C31H34BrN5O5S/c1-16(18-6-8-19(9-7-18)25-17(2)33-15-43-25)34-27(39)23-13-21(38)14-37(23)30(41)26(31(3,4)5)36-28(40)29-35-22-11-10-20(32)12-24(22)42-29/h6-12,15-16,21,23,26,38H,13-14H2,1-5H3,(H,34,39)(H,36,40)/t16-,21+,23-,26+/m0/s1. The number of β-amino-alcohol motifs (C(OH)–C–C–N with tert-alkyl or cyclic N) is 1. The summed E-state index contributed by atoms with van der Waals surface area (Å²) < 4.78 is 6.42. The molecule has 4 atom stereocenters. The normalized spacial score (nSPS) is 18.4. The maximum Gasteiger partial charge on any atom is 0.307 e. The molecule has 10 nitrogen and oxygen atoms in total. The molecule has 1 aliphatic rings. The molecule has 0 unspecified atom stereocenters. The number of halogens is 1. The third kappa shape index (κ3) is 6.66. The van der Waals surface area contributed by atoms with Gasteiger partial charge in [0.05, 0.1) is 28.2 Å². The summed E-state index contributed by atoms with van der Waals surface area (Å²) in [4.78, 5) is 51.6. The monoisotopic (exact) mass is 667 g/mol. The van der Waals surface area contributed by atoms with Crippen molar-refractivity contribution in [3.63, 3.8) is 0 Å². The van der Waals surface area contributed by atoms with Crippen LogP contribution in [0.2, 0.25) is 0 Å². The summed E-state index contributed by atoms with van der Waals surface area (Å²) in [5, 5.41) is 16.3.